The highest BCUT2D eigenvalue weighted by Crippen LogP contribution is 2.24. The van der Waals surface area contributed by atoms with Gasteiger partial charge in [-0.1, -0.05) is 42.5 Å². The maximum absolute atomic E-state index is 13.2. The van der Waals surface area contributed by atoms with Gasteiger partial charge in [0, 0.05) is 44.1 Å². The van der Waals surface area contributed by atoms with E-state index in [1.807, 2.05) is 36.2 Å². The molecule has 0 saturated carbocycles. The molecule has 1 amide bonds. The molecule has 1 unspecified atom stereocenters. The summed E-state index contributed by atoms with van der Waals surface area (Å²) in [6.45, 7) is 1.61. The van der Waals surface area contributed by atoms with Crippen LogP contribution in [0.15, 0.2) is 60.9 Å². The second-order valence-electron chi connectivity index (χ2n) is 7.21. The third-order valence-corrected chi connectivity index (χ3v) is 5.36. The van der Waals surface area contributed by atoms with Crippen molar-refractivity contribution in [1.29, 1.82) is 0 Å². The number of carbonyl (C=O) groups excluding carboxylic acids is 1. The number of nitrogens with zero attached hydrogens (tertiary/aromatic N) is 3. The Balaban J connectivity index is 1.53. The molecule has 5 nitrogen and oxygen atoms in total. The molecule has 1 aromatic heterocycles. The number of benzene rings is 2. The lowest BCUT2D eigenvalue weighted by atomic mass is 9.94. The molecular formula is C22H24N4O. The van der Waals surface area contributed by atoms with Crippen molar-refractivity contribution in [2.45, 2.75) is 19.0 Å². The highest BCUT2D eigenvalue weighted by Gasteiger charge is 2.26. The molecular weight excluding hydrogens is 336 g/mol. The topological polar surface area (TPSA) is 52.2 Å². The number of aromatic nitrogens is 2. The van der Waals surface area contributed by atoms with Gasteiger partial charge in [-0.3, -0.25) is 9.69 Å². The van der Waals surface area contributed by atoms with Crippen LogP contribution in [0.5, 0.6) is 0 Å². The molecule has 2 heterocycles. The molecule has 0 aliphatic carbocycles. The van der Waals surface area contributed by atoms with E-state index in [9.17, 15) is 4.79 Å². The first kappa shape index (κ1) is 17.5. The number of rotatable bonds is 4. The van der Waals surface area contributed by atoms with E-state index < -0.39 is 0 Å². The van der Waals surface area contributed by atoms with Gasteiger partial charge in [0.05, 0.1) is 5.56 Å². The Morgan fingerprint density at radius 1 is 1.19 bits per heavy atom. The maximum Gasteiger partial charge on any atom is 0.254 e. The smallest absolute Gasteiger partial charge is 0.254 e. The normalized spacial score (nSPS) is 16.7. The molecule has 5 heteroatoms. The fourth-order valence-corrected chi connectivity index (χ4v) is 3.82. The second kappa shape index (κ2) is 7.37. The number of imidazole rings is 1. The monoisotopic (exact) mass is 360 g/mol. The van der Waals surface area contributed by atoms with Crippen LogP contribution in [0.4, 0.5) is 0 Å². The summed E-state index contributed by atoms with van der Waals surface area (Å²) in [5, 5.41) is 0. The van der Waals surface area contributed by atoms with E-state index in [2.05, 4.69) is 46.2 Å². The van der Waals surface area contributed by atoms with Gasteiger partial charge in [0.2, 0.25) is 0 Å². The first-order chi connectivity index (χ1) is 13.1. The highest BCUT2D eigenvalue weighted by atomic mass is 16.2. The summed E-state index contributed by atoms with van der Waals surface area (Å²) < 4.78 is 0. The summed E-state index contributed by atoms with van der Waals surface area (Å²) in [4.78, 5) is 24.7. The molecule has 3 aromatic rings. The zero-order valence-corrected chi connectivity index (χ0v) is 15.7. The molecule has 0 saturated heterocycles. The first-order valence-corrected chi connectivity index (χ1v) is 9.24. The second-order valence-corrected chi connectivity index (χ2v) is 7.21. The van der Waals surface area contributed by atoms with Crippen LogP contribution in [-0.2, 0) is 13.0 Å². The van der Waals surface area contributed by atoms with E-state index in [4.69, 9.17) is 0 Å². The number of carbonyl (C=O) groups is 1. The Bertz CT molecular complexity index is 935. The molecule has 1 aliphatic heterocycles. The van der Waals surface area contributed by atoms with Gasteiger partial charge < -0.3 is 9.88 Å². The number of hydrogen-bond donors (Lipinski definition) is 1. The fourth-order valence-electron chi connectivity index (χ4n) is 3.82. The Morgan fingerprint density at radius 2 is 1.93 bits per heavy atom. The van der Waals surface area contributed by atoms with Gasteiger partial charge in [-0.25, -0.2) is 4.98 Å². The van der Waals surface area contributed by atoms with Crippen molar-refractivity contribution in [1.82, 2.24) is 19.8 Å². The average Bonchev–Trinajstić information content (AvgIpc) is 3.22. The Morgan fingerprint density at radius 3 is 2.70 bits per heavy atom. The third-order valence-electron chi connectivity index (χ3n) is 5.36. The fraction of sp³-hybridized carbons (Fsp3) is 0.273. The van der Waals surface area contributed by atoms with Crippen molar-refractivity contribution in [3.8, 4) is 11.4 Å². The van der Waals surface area contributed by atoms with Gasteiger partial charge in [0.1, 0.15) is 5.82 Å². The number of hydrogen-bond acceptors (Lipinski definition) is 3. The van der Waals surface area contributed by atoms with E-state index in [1.54, 1.807) is 12.4 Å². The number of aromatic amines is 1. The van der Waals surface area contributed by atoms with Crippen LogP contribution in [0.25, 0.3) is 11.4 Å². The van der Waals surface area contributed by atoms with Crippen molar-refractivity contribution in [2.75, 3.05) is 20.6 Å². The summed E-state index contributed by atoms with van der Waals surface area (Å²) in [7, 11) is 4.02. The summed E-state index contributed by atoms with van der Waals surface area (Å²) in [5.74, 6) is 0.741. The standard InChI is InChI=1S/C22H24N4O/c1-25-14-17-8-4-3-7-16(17)13-18(25)15-26(2)22(27)20-10-6-5-9-19(20)21-23-11-12-24-21/h3-12,18H,13-15H2,1-2H3,(H,23,24). The van der Waals surface area contributed by atoms with E-state index in [0.717, 1.165) is 24.4 Å². The summed E-state index contributed by atoms with van der Waals surface area (Å²) in [6, 6.07) is 16.5. The lowest BCUT2D eigenvalue weighted by molar-refractivity contribution is 0.0734. The van der Waals surface area contributed by atoms with Crippen LogP contribution in [0, 0.1) is 0 Å². The Kier molecular flexibility index (Phi) is 4.77. The molecule has 1 atom stereocenters. The quantitative estimate of drug-likeness (QED) is 0.777. The zero-order valence-electron chi connectivity index (χ0n) is 15.7. The Hall–Kier alpha value is -2.92. The molecule has 0 spiro atoms. The number of H-pyrrole nitrogens is 1. The van der Waals surface area contributed by atoms with Gasteiger partial charge in [-0.05, 0) is 30.7 Å². The van der Waals surface area contributed by atoms with Gasteiger partial charge in [0.15, 0.2) is 0 Å². The van der Waals surface area contributed by atoms with Crippen LogP contribution in [0.1, 0.15) is 21.5 Å². The van der Waals surface area contributed by atoms with E-state index >= 15 is 0 Å². The Labute approximate surface area is 159 Å². The molecule has 138 valence electrons. The molecule has 0 radical (unpaired) electrons. The summed E-state index contributed by atoms with van der Waals surface area (Å²) in [5.41, 5.74) is 4.28. The maximum atomic E-state index is 13.2. The molecule has 1 N–H and O–H groups in total. The van der Waals surface area contributed by atoms with Crippen molar-refractivity contribution in [3.63, 3.8) is 0 Å². The molecule has 0 bridgehead atoms. The SMILES string of the molecule is CN(CC1Cc2ccccc2CN1C)C(=O)c1ccccc1-c1ncc[nH]1. The predicted molar refractivity (Wildman–Crippen MR) is 106 cm³/mol. The summed E-state index contributed by atoms with van der Waals surface area (Å²) in [6.07, 6.45) is 4.44. The lowest BCUT2D eigenvalue weighted by Crippen LogP contribution is -2.46. The molecule has 27 heavy (non-hydrogen) atoms. The van der Waals surface area contributed by atoms with Crippen molar-refractivity contribution in [3.05, 3.63) is 77.6 Å². The zero-order chi connectivity index (χ0) is 18.8. The average molecular weight is 360 g/mol. The van der Waals surface area contributed by atoms with Gasteiger partial charge in [0.25, 0.3) is 5.91 Å². The van der Waals surface area contributed by atoms with Crippen LogP contribution >= 0.6 is 0 Å². The van der Waals surface area contributed by atoms with E-state index in [-0.39, 0.29) is 5.91 Å². The lowest BCUT2D eigenvalue weighted by Gasteiger charge is -2.36. The minimum absolute atomic E-state index is 0.0225. The van der Waals surface area contributed by atoms with E-state index in [0.29, 0.717) is 18.2 Å². The summed E-state index contributed by atoms with van der Waals surface area (Å²) >= 11 is 0. The van der Waals surface area contributed by atoms with Crippen LogP contribution in [0.3, 0.4) is 0 Å². The van der Waals surface area contributed by atoms with Crippen LogP contribution < -0.4 is 0 Å². The van der Waals surface area contributed by atoms with Crippen LogP contribution in [0.2, 0.25) is 0 Å². The van der Waals surface area contributed by atoms with Gasteiger partial charge in [-0.2, -0.15) is 0 Å². The molecule has 4 rings (SSSR count). The number of amides is 1. The van der Waals surface area contributed by atoms with Crippen molar-refractivity contribution >= 4 is 5.91 Å². The van der Waals surface area contributed by atoms with Gasteiger partial charge in [-0.15, -0.1) is 0 Å². The van der Waals surface area contributed by atoms with Crippen molar-refractivity contribution < 1.29 is 4.79 Å². The van der Waals surface area contributed by atoms with Crippen molar-refractivity contribution in [2.24, 2.45) is 0 Å². The minimum Gasteiger partial charge on any atom is -0.345 e. The molecule has 0 fully saturated rings. The third kappa shape index (κ3) is 3.51. The predicted octanol–water partition coefficient (Wildman–Crippen LogP) is 3.21. The number of nitrogens with one attached hydrogen (secondary N) is 1. The van der Waals surface area contributed by atoms with Crippen LogP contribution in [-0.4, -0.2) is 52.4 Å². The van der Waals surface area contributed by atoms with Gasteiger partial charge >= 0.3 is 0 Å². The van der Waals surface area contributed by atoms with E-state index in [1.165, 1.54) is 11.1 Å². The number of likely N-dealkylation sites (N-methyl/N-ethyl adjacent to an activating group) is 2. The largest absolute Gasteiger partial charge is 0.345 e. The first-order valence-electron chi connectivity index (χ1n) is 9.24. The highest BCUT2D eigenvalue weighted by molar-refractivity contribution is 6.00. The number of fused-ring (bicyclic) bond motifs is 1. The molecule has 1 aliphatic rings. The molecule has 2 aromatic carbocycles. The minimum atomic E-state index is 0.0225.